The zero-order chi connectivity index (χ0) is 13.8. The fourth-order valence-electron chi connectivity index (χ4n) is 2.35. The maximum absolute atomic E-state index is 11.9. The van der Waals surface area contributed by atoms with Crippen LogP contribution in [0.5, 0.6) is 5.75 Å². The van der Waals surface area contributed by atoms with Crippen LogP contribution < -0.4 is 4.74 Å². The summed E-state index contributed by atoms with van der Waals surface area (Å²) in [6.07, 6.45) is 7.28. The van der Waals surface area contributed by atoms with Crippen molar-refractivity contribution in [2.24, 2.45) is 0 Å². The molecular weight excluding hydrogens is 250 g/mol. The quantitative estimate of drug-likeness (QED) is 0.835. The van der Waals surface area contributed by atoms with Crippen LogP contribution in [0.3, 0.4) is 0 Å². The summed E-state index contributed by atoms with van der Waals surface area (Å²) in [5, 5.41) is 0. The summed E-state index contributed by atoms with van der Waals surface area (Å²) >= 11 is 0. The zero-order valence-corrected chi connectivity index (χ0v) is 11.1. The molecule has 0 spiro atoms. The monoisotopic (exact) mass is 265 g/mol. The summed E-state index contributed by atoms with van der Waals surface area (Å²) in [5.74, 6) is 1.36. The van der Waals surface area contributed by atoms with E-state index < -0.39 is 0 Å². The number of carbonyl (C=O) groups excluding carboxylic acids is 1. The third-order valence-electron chi connectivity index (χ3n) is 3.31. The van der Waals surface area contributed by atoms with E-state index in [-0.39, 0.29) is 5.78 Å². The molecule has 3 nitrogen and oxygen atoms in total. The molecule has 3 rings (SSSR count). The zero-order valence-electron chi connectivity index (χ0n) is 11.1. The van der Waals surface area contributed by atoms with Crippen LogP contribution in [0.15, 0.2) is 54.9 Å². The van der Waals surface area contributed by atoms with E-state index in [1.165, 1.54) is 5.56 Å². The molecule has 0 radical (unpaired) electrons. The summed E-state index contributed by atoms with van der Waals surface area (Å²) in [6, 6.07) is 11.7. The highest BCUT2D eigenvalue weighted by Gasteiger charge is 2.15. The van der Waals surface area contributed by atoms with Gasteiger partial charge in [0.2, 0.25) is 0 Å². The first-order chi connectivity index (χ1) is 9.83. The Kier molecular flexibility index (Phi) is 3.59. The van der Waals surface area contributed by atoms with Crippen LogP contribution in [0.25, 0.3) is 5.76 Å². The SMILES string of the molecule is O=C1C=C(Oc2cccnc2)c2ccccc2CCC1. The van der Waals surface area contributed by atoms with Gasteiger partial charge >= 0.3 is 0 Å². The van der Waals surface area contributed by atoms with Crippen molar-refractivity contribution in [2.75, 3.05) is 0 Å². The van der Waals surface area contributed by atoms with Crippen molar-refractivity contribution in [1.82, 2.24) is 4.98 Å². The average Bonchev–Trinajstić information content (AvgIpc) is 2.47. The number of fused-ring (bicyclic) bond motifs is 1. The second-order valence-electron chi connectivity index (χ2n) is 4.78. The maximum Gasteiger partial charge on any atom is 0.159 e. The Morgan fingerprint density at radius 3 is 2.80 bits per heavy atom. The maximum atomic E-state index is 11.9. The largest absolute Gasteiger partial charge is 0.455 e. The van der Waals surface area contributed by atoms with E-state index in [0.29, 0.717) is 17.9 Å². The number of aromatic nitrogens is 1. The molecule has 0 saturated heterocycles. The predicted molar refractivity (Wildman–Crippen MR) is 77.2 cm³/mol. The second-order valence-corrected chi connectivity index (χ2v) is 4.78. The van der Waals surface area contributed by atoms with Crippen molar-refractivity contribution >= 4 is 11.5 Å². The Bertz CT molecular complexity index is 647. The topological polar surface area (TPSA) is 39.2 Å². The van der Waals surface area contributed by atoms with Crippen LogP contribution in [0, 0.1) is 0 Å². The molecular formula is C17H15NO2. The van der Waals surface area contributed by atoms with Crippen LogP contribution in [0.2, 0.25) is 0 Å². The fourth-order valence-corrected chi connectivity index (χ4v) is 2.35. The number of aryl methyl sites for hydroxylation is 1. The van der Waals surface area contributed by atoms with Gasteiger partial charge in [-0.25, -0.2) is 0 Å². The minimum atomic E-state index is 0.110. The molecule has 2 aromatic rings. The number of allylic oxidation sites excluding steroid dienone is 1. The Labute approximate surface area is 117 Å². The number of ketones is 1. The molecule has 1 aromatic carbocycles. The van der Waals surface area contributed by atoms with Crippen LogP contribution in [-0.2, 0) is 11.2 Å². The van der Waals surface area contributed by atoms with E-state index in [9.17, 15) is 4.79 Å². The van der Waals surface area contributed by atoms with E-state index in [0.717, 1.165) is 18.4 Å². The lowest BCUT2D eigenvalue weighted by Gasteiger charge is -2.16. The first-order valence-electron chi connectivity index (χ1n) is 6.73. The molecule has 0 fully saturated rings. The minimum absolute atomic E-state index is 0.110. The van der Waals surface area contributed by atoms with Crippen molar-refractivity contribution < 1.29 is 9.53 Å². The van der Waals surface area contributed by atoms with E-state index >= 15 is 0 Å². The molecule has 1 aromatic heterocycles. The van der Waals surface area contributed by atoms with Crippen molar-refractivity contribution in [2.45, 2.75) is 19.3 Å². The molecule has 100 valence electrons. The number of carbonyl (C=O) groups is 1. The summed E-state index contributed by atoms with van der Waals surface area (Å²) in [7, 11) is 0. The van der Waals surface area contributed by atoms with Crippen molar-refractivity contribution in [3.05, 3.63) is 66.0 Å². The van der Waals surface area contributed by atoms with E-state index in [1.54, 1.807) is 18.5 Å². The Hall–Kier alpha value is -2.42. The molecule has 0 aliphatic heterocycles. The van der Waals surface area contributed by atoms with Crippen LogP contribution in [0.1, 0.15) is 24.0 Å². The van der Waals surface area contributed by atoms with Gasteiger partial charge in [0.15, 0.2) is 5.78 Å². The van der Waals surface area contributed by atoms with Crippen molar-refractivity contribution in [3.8, 4) is 5.75 Å². The second kappa shape index (κ2) is 5.70. The minimum Gasteiger partial charge on any atom is -0.455 e. The highest BCUT2D eigenvalue weighted by Crippen LogP contribution is 2.26. The number of nitrogens with zero attached hydrogens (tertiary/aromatic N) is 1. The number of benzene rings is 1. The van der Waals surface area contributed by atoms with Crippen LogP contribution in [0.4, 0.5) is 0 Å². The average molecular weight is 265 g/mol. The van der Waals surface area contributed by atoms with Crippen molar-refractivity contribution in [3.63, 3.8) is 0 Å². The van der Waals surface area contributed by atoms with Gasteiger partial charge in [-0.05, 0) is 30.5 Å². The Morgan fingerprint density at radius 2 is 1.95 bits per heavy atom. The molecule has 1 aliphatic carbocycles. The van der Waals surface area contributed by atoms with Gasteiger partial charge < -0.3 is 4.74 Å². The first-order valence-corrected chi connectivity index (χ1v) is 6.73. The highest BCUT2D eigenvalue weighted by molar-refractivity contribution is 5.96. The Balaban J connectivity index is 2.01. The molecule has 0 amide bonds. The van der Waals surface area contributed by atoms with Gasteiger partial charge in [0.25, 0.3) is 0 Å². The Morgan fingerprint density at radius 1 is 1.05 bits per heavy atom. The van der Waals surface area contributed by atoms with Gasteiger partial charge in [0.05, 0.1) is 6.20 Å². The van der Waals surface area contributed by atoms with E-state index in [2.05, 4.69) is 11.1 Å². The number of hydrogen-bond acceptors (Lipinski definition) is 3. The third kappa shape index (κ3) is 2.77. The van der Waals surface area contributed by atoms with Gasteiger partial charge in [-0.1, -0.05) is 24.3 Å². The molecule has 1 aliphatic rings. The molecule has 0 N–H and O–H groups in total. The predicted octanol–water partition coefficient (Wildman–Crippen LogP) is 3.41. The van der Waals surface area contributed by atoms with Gasteiger partial charge in [0.1, 0.15) is 11.5 Å². The van der Waals surface area contributed by atoms with Gasteiger partial charge in [0, 0.05) is 24.3 Å². The van der Waals surface area contributed by atoms with Gasteiger partial charge in [-0.2, -0.15) is 0 Å². The molecule has 0 saturated carbocycles. The van der Waals surface area contributed by atoms with Crippen molar-refractivity contribution in [1.29, 1.82) is 0 Å². The first kappa shape index (κ1) is 12.6. The lowest BCUT2D eigenvalue weighted by Crippen LogP contribution is -2.07. The summed E-state index contributed by atoms with van der Waals surface area (Å²) < 4.78 is 5.87. The highest BCUT2D eigenvalue weighted by atomic mass is 16.5. The van der Waals surface area contributed by atoms with Gasteiger partial charge in [-0.15, -0.1) is 0 Å². The summed E-state index contributed by atoms with van der Waals surface area (Å²) in [4.78, 5) is 15.9. The number of ether oxygens (including phenoxy) is 1. The summed E-state index contributed by atoms with van der Waals surface area (Å²) in [5.41, 5.74) is 2.21. The van der Waals surface area contributed by atoms with Crippen LogP contribution in [-0.4, -0.2) is 10.8 Å². The smallest absolute Gasteiger partial charge is 0.159 e. The number of rotatable bonds is 2. The lowest BCUT2D eigenvalue weighted by atomic mass is 9.96. The van der Waals surface area contributed by atoms with Crippen LogP contribution >= 0.6 is 0 Å². The van der Waals surface area contributed by atoms with E-state index in [1.807, 2.05) is 30.3 Å². The van der Waals surface area contributed by atoms with Gasteiger partial charge in [-0.3, -0.25) is 9.78 Å². The lowest BCUT2D eigenvalue weighted by molar-refractivity contribution is -0.114. The normalized spacial score (nSPS) is 14.8. The number of hydrogen-bond donors (Lipinski definition) is 0. The molecule has 0 bridgehead atoms. The number of pyridine rings is 1. The fraction of sp³-hybridized carbons (Fsp3) is 0.176. The molecule has 20 heavy (non-hydrogen) atoms. The molecule has 1 heterocycles. The third-order valence-corrected chi connectivity index (χ3v) is 3.31. The molecule has 0 unspecified atom stereocenters. The summed E-state index contributed by atoms with van der Waals surface area (Å²) in [6.45, 7) is 0. The standard InChI is InChI=1S/C17H15NO2/c19-14-7-3-6-13-5-1-2-9-16(13)17(11-14)20-15-8-4-10-18-12-15/h1-2,4-5,8-12H,3,6-7H2. The molecule has 0 atom stereocenters. The van der Waals surface area contributed by atoms with E-state index in [4.69, 9.17) is 4.74 Å². The molecule has 3 heteroatoms.